The molecule has 0 N–H and O–H groups in total. The van der Waals surface area contributed by atoms with Gasteiger partial charge in [0.15, 0.2) is 12.0 Å². The van der Waals surface area contributed by atoms with E-state index in [1.807, 2.05) is 6.07 Å². The standard InChI is InChI=1S/C13H11NO/c1-2-9-4-3-5-11-10(9)6-7-12-13(11)15-8-14-12/h3-8H,2H2,1H3. The molecular formula is C13H11NO. The molecule has 0 atom stereocenters. The highest BCUT2D eigenvalue weighted by Crippen LogP contribution is 2.27. The van der Waals surface area contributed by atoms with E-state index in [0.717, 1.165) is 22.9 Å². The van der Waals surface area contributed by atoms with E-state index in [1.54, 1.807) is 0 Å². The molecule has 2 aromatic carbocycles. The second-order valence-electron chi connectivity index (χ2n) is 3.63. The van der Waals surface area contributed by atoms with Crippen LogP contribution in [0, 0.1) is 0 Å². The SMILES string of the molecule is CCc1cccc2c1ccc1ncoc12. The van der Waals surface area contributed by atoms with Gasteiger partial charge in [0.05, 0.1) is 0 Å². The highest BCUT2D eigenvalue weighted by molar-refractivity contribution is 6.03. The van der Waals surface area contributed by atoms with E-state index >= 15 is 0 Å². The lowest BCUT2D eigenvalue weighted by molar-refractivity contribution is 0.605. The molecule has 3 rings (SSSR count). The molecule has 0 saturated carbocycles. The molecule has 0 bridgehead atoms. The van der Waals surface area contributed by atoms with Crippen molar-refractivity contribution in [3.05, 3.63) is 42.3 Å². The van der Waals surface area contributed by atoms with Crippen LogP contribution in [0.1, 0.15) is 12.5 Å². The fourth-order valence-electron chi connectivity index (χ4n) is 2.05. The molecule has 0 aliphatic heterocycles. The van der Waals surface area contributed by atoms with Crippen molar-refractivity contribution in [3.8, 4) is 0 Å². The Labute approximate surface area is 87.5 Å². The molecule has 0 aliphatic carbocycles. The van der Waals surface area contributed by atoms with Crippen LogP contribution in [0.15, 0.2) is 41.1 Å². The minimum atomic E-state index is 0.891. The third-order valence-corrected chi connectivity index (χ3v) is 2.82. The number of fused-ring (bicyclic) bond motifs is 3. The Morgan fingerprint density at radius 3 is 2.93 bits per heavy atom. The quantitative estimate of drug-likeness (QED) is 0.596. The van der Waals surface area contributed by atoms with Gasteiger partial charge in [-0.1, -0.05) is 31.2 Å². The number of hydrogen-bond acceptors (Lipinski definition) is 2. The summed E-state index contributed by atoms with van der Waals surface area (Å²) in [6.07, 6.45) is 2.54. The van der Waals surface area contributed by atoms with Crippen molar-refractivity contribution in [2.75, 3.05) is 0 Å². The molecule has 1 aromatic heterocycles. The monoisotopic (exact) mass is 197 g/mol. The number of oxazole rings is 1. The number of aromatic nitrogens is 1. The number of aryl methyl sites for hydroxylation is 1. The van der Waals surface area contributed by atoms with Gasteiger partial charge >= 0.3 is 0 Å². The zero-order valence-corrected chi connectivity index (χ0v) is 8.53. The Kier molecular flexibility index (Phi) is 1.75. The molecule has 1 heterocycles. The van der Waals surface area contributed by atoms with Gasteiger partial charge in [0.1, 0.15) is 5.52 Å². The van der Waals surface area contributed by atoms with Crippen LogP contribution in [-0.4, -0.2) is 4.98 Å². The number of hydrogen-bond donors (Lipinski definition) is 0. The molecular weight excluding hydrogens is 186 g/mol. The van der Waals surface area contributed by atoms with Gasteiger partial charge in [0.2, 0.25) is 0 Å². The van der Waals surface area contributed by atoms with E-state index in [9.17, 15) is 0 Å². The van der Waals surface area contributed by atoms with Crippen LogP contribution in [0.3, 0.4) is 0 Å². The Balaban J connectivity index is 2.53. The van der Waals surface area contributed by atoms with E-state index in [2.05, 4.69) is 36.2 Å². The summed E-state index contributed by atoms with van der Waals surface area (Å²) in [5.41, 5.74) is 3.17. The van der Waals surface area contributed by atoms with Crippen LogP contribution < -0.4 is 0 Å². The van der Waals surface area contributed by atoms with Gasteiger partial charge in [0, 0.05) is 5.39 Å². The fourth-order valence-corrected chi connectivity index (χ4v) is 2.05. The smallest absolute Gasteiger partial charge is 0.182 e. The molecule has 0 radical (unpaired) electrons. The lowest BCUT2D eigenvalue weighted by atomic mass is 10.0. The van der Waals surface area contributed by atoms with Gasteiger partial charge in [0.25, 0.3) is 0 Å². The van der Waals surface area contributed by atoms with Crippen LogP contribution in [-0.2, 0) is 6.42 Å². The molecule has 2 nitrogen and oxygen atoms in total. The first-order valence-corrected chi connectivity index (χ1v) is 5.14. The molecule has 0 fully saturated rings. The van der Waals surface area contributed by atoms with Gasteiger partial charge in [-0.05, 0) is 23.4 Å². The van der Waals surface area contributed by atoms with Crippen LogP contribution in [0.2, 0.25) is 0 Å². The van der Waals surface area contributed by atoms with Crippen molar-refractivity contribution in [2.45, 2.75) is 13.3 Å². The van der Waals surface area contributed by atoms with E-state index in [1.165, 1.54) is 17.3 Å². The minimum Gasteiger partial charge on any atom is -0.443 e. The fraction of sp³-hybridized carbons (Fsp3) is 0.154. The van der Waals surface area contributed by atoms with Crippen molar-refractivity contribution < 1.29 is 4.42 Å². The van der Waals surface area contributed by atoms with E-state index in [4.69, 9.17) is 4.42 Å². The molecule has 0 unspecified atom stereocenters. The third-order valence-electron chi connectivity index (χ3n) is 2.82. The molecule has 0 amide bonds. The summed E-state index contributed by atoms with van der Waals surface area (Å²) in [5.74, 6) is 0. The second-order valence-corrected chi connectivity index (χ2v) is 3.63. The normalized spacial score (nSPS) is 11.3. The highest BCUT2D eigenvalue weighted by Gasteiger charge is 2.06. The number of rotatable bonds is 1. The molecule has 3 aromatic rings. The first kappa shape index (κ1) is 8.48. The maximum Gasteiger partial charge on any atom is 0.182 e. The van der Waals surface area contributed by atoms with Gasteiger partial charge in [-0.25, -0.2) is 4.98 Å². The summed E-state index contributed by atoms with van der Waals surface area (Å²) in [5, 5.41) is 2.42. The van der Waals surface area contributed by atoms with Crippen molar-refractivity contribution in [2.24, 2.45) is 0 Å². The molecule has 0 saturated heterocycles. The summed E-state index contributed by atoms with van der Waals surface area (Å²) < 4.78 is 5.42. The molecule has 74 valence electrons. The zero-order valence-electron chi connectivity index (χ0n) is 8.53. The van der Waals surface area contributed by atoms with E-state index < -0.39 is 0 Å². The summed E-state index contributed by atoms with van der Waals surface area (Å²) >= 11 is 0. The van der Waals surface area contributed by atoms with E-state index in [0.29, 0.717) is 0 Å². The topological polar surface area (TPSA) is 26.0 Å². The zero-order chi connectivity index (χ0) is 10.3. The first-order valence-electron chi connectivity index (χ1n) is 5.14. The van der Waals surface area contributed by atoms with Crippen LogP contribution in [0.4, 0.5) is 0 Å². The Morgan fingerprint density at radius 1 is 1.13 bits per heavy atom. The van der Waals surface area contributed by atoms with Gasteiger partial charge in [-0.15, -0.1) is 0 Å². The van der Waals surface area contributed by atoms with E-state index in [-0.39, 0.29) is 0 Å². The van der Waals surface area contributed by atoms with Crippen LogP contribution in [0.25, 0.3) is 21.9 Å². The van der Waals surface area contributed by atoms with Crippen molar-refractivity contribution in [3.63, 3.8) is 0 Å². The van der Waals surface area contributed by atoms with Gasteiger partial charge in [-0.3, -0.25) is 0 Å². The van der Waals surface area contributed by atoms with Crippen molar-refractivity contribution in [1.29, 1.82) is 0 Å². The largest absolute Gasteiger partial charge is 0.443 e. The van der Waals surface area contributed by atoms with Crippen molar-refractivity contribution in [1.82, 2.24) is 4.98 Å². The average molecular weight is 197 g/mol. The maximum atomic E-state index is 5.42. The Morgan fingerprint density at radius 2 is 2.07 bits per heavy atom. The third kappa shape index (κ3) is 1.14. The number of benzene rings is 2. The Hall–Kier alpha value is -1.83. The summed E-state index contributed by atoms with van der Waals surface area (Å²) in [6.45, 7) is 2.17. The highest BCUT2D eigenvalue weighted by atomic mass is 16.3. The first-order chi connectivity index (χ1) is 7.40. The number of nitrogens with zero attached hydrogens (tertiary/aromatic N) is 1. The average Bonchev–Trinajstić information content (AvgIpc) is 2.76. The lowest BCUT2D eigenvalue weighted by Gasteiger charge is -2.03. The molecule has 2 heteroatoms. The molecule has 0 aliphatic rings. The van der Waals surface area contributed by atoms with Gasteiger partial charge in [-0.2, -0.15) is 0 Å². The van der Waals surface area contributed by atoms with Crippen LogP contribution >= 0.6 is 0 Å². The summed E-state index contributed by atoms with van der Waals surface area (Å²) in [6, 6.07) is 10.5. The minimum absolute atomic E-state index is 0.891. The summed E-state index contributed by atoms with van der Waals surface area (Å²) in [7, 11) is 0. The van der Waals surface area contributed by atoms with Crippen molar-refractivity contribution >= 4 is 21.9 Å². The molecule has 15 heavy (non-hydrogen) atoms. The predicted molar refractivity (Wildman–Crippen MR) is 60.9 cm³/mol. The second kappa shape index (κ2) is 3.09. The van der Waals surface area contributed by atoms with Gasteiger partial charge < -0.3 is 4.42 Å². The van der Waals surface area contributed by atoms with Crippen LogP contribution in [0.5, 0.6) is 0 Å². The summed E-state index contributed by atoms with van der Waals surface area (Å²) in [4.78, 5) is 4.16. The Bertz CT molecular complexity index is 625. The lowest BCUT2D eigenvalue weighted by Crippen LogP contribution is -1.83. The predicted octanol–water partition coefficient (Wildman–Crippen LogP) is 3.54. The molecule has 0 spiro atoms. The maximum absolute atomic E-state index is 5.42.